The van der Waals surface area contributed by atoms with Crippen molar-refractivity contribution in [1.29, 1.82) is 0 Å². The highest BCUT2D eigenvalue weighted by atomic mass is 16.2. The molecule has 5 heteroatoms. The summed E-state index contributed by atoms with van der Waals surface area (Å²) in [7, 11) is 0. The highest BCUT2D eigenvalue weighted by Crippen LogP contribution is 2.37. The average Bonchev–Trinajstić information content (AvgIpc) is 2.86. The molecule has 1 aliphatic heterocycles. The number of amides is 3. The Morgan fingerprint density at radius 2 is 1.52 bits per heavy atom. The molecule has 0 aromatic carbocycles. The van der Waals surface area contributed by atoms with E-state index in [1.54, 1.807) is 0 Å². The van der Waals surface area contributed by atoms with Crippen molar-refractivity contribution in [3.63, 3.8) is 0 Å². The van der Waals surface area contributed by atoms with Gasteiger partial charge in [-0.15, -0.1) is 0 Å². The average molecular weight is 375 g/mol. The Morgan fingerprint density at radius 1 is 1.00 bits per heavy atom. The van der Waals surface area contributed by atoms with Crippen LogP contribution in [-0.4, -0.2) is 34.7 Å². The first kappa shape index (κ1) is 20.1. The molecular formula is C22H34N2O3. The smallest absolute Gasteiger partial charge is 0.243 e. The molecule has 1 N–H and O–H groups in total. The first-order chi connectivity index (χ1) is 13.0. The summed E-state index contributed by atoms with van der Waals surface area (Å²) in [6.45, 7) is 4.07. The van der Waals surface area contributed by atoms with E-state index in [9.17, 15) is 14.4 Å². The topological polar surface area (TPSA) is 66.5 Å². The fourth-order valence-electron chi connectivity index (χ4n) is 4.81. The minimum atomic E-state index is -0.666. The lowest BCUT2D eigenvalue weighted by molar-refractivity contribution is -0.148. The molecular weight excluding hydrogens is 340 g/mol. The quantitative estimate of drug-likeness (QED) is 0.591. The summed E-state index contributed by atoms with van der Waals surface area (Å²) >= 11 is 0. The standard InChI is InChI=1S/C22H34N2O3/c1-15(2)14-19(20(25)23-16-10-6-4-3-5-7-11-16)24-21(26)17-12-8-9-13-18(17)22(24)27/h8-9,15-19H,3-7,10-14H2,1-2H3,(H,23,25). The molecule has 3 rings (SSSR count). The van der Waals surface area contributed by atoms with Crippen molar-refractivity contribution in [3.8, 4) is 0 Å². The number of likely N-dealkylation sites (tertiary alicyclic amines) is 1. The number of rotatable bonds is 5. The molecule has 0 spiro atoms. The van der Waals surface area contributed by atoms with Crippen LogP contribution in [0.1, 0.15) is 78.1 Å². The van der Waals surface area contributed by atoms with E-state index in [4.69, 9.17) is 0 Å². The van der Waals surface area contributed by atoms with Crippen LogP contribution in [0, 0.1) is 17.8 Å². The summed E-state index contributed by atoms with van der Waals surface area (Å²) in [5, 5.41) is 3.19. The Hall–Kier alpha value is -1.65. The molecule has 2 fully saturated rings. The highest BCUT2D eigenvalue weighted by Gasteiger charge is 2.51. The van der Waals surface area contributed by atoms with Crippen LogP contribution in [-0.2, 0) is 14.4 Å². The van der Waals surface area contributed by atoms with Crippen LogP contribution >= 0.6 is 0 Å². The van der Waals surface area contributed by atoms with E-state index in [2.05, 4.69) is 5.32 Å². The molecule has 3 aliphatic rings. The molecule has 3 unspecified atom stereocenters. The van der Waals surface area contributed by atoms with Crippen LogP contribution in [0.25, 0.3) is 0 Å². The van der Waals surface area contributed by atoms with Gasteiger partial charge in [0, 0.05) is 6.04 Å². The third-order valence-electron chi connectivity index (χ3n) is 6.30. The van der Waals surface area contributed by atoms with Crippen molar-refractivity contribution in [2.24, 2.45) is 17.8 Å². The molecule has 1 saturated heterocycles. The second kappa shape index (κ2) is 9.03. The van der Waals surface area contributed by atoms with Gasteiger partial charge in [0.05, 0.1) is 11.8 Å². The predicted octanol–water partition coefficient (Wildman–Crippen LogP) is 3.58. The third kappa shape index (κ3) is 4.61. The first-order valence-electron chi connectivity index (χ1n) is 10.8. The molecule has 0 aromatic heterocycles. The van der Waals surface area contributed by atoms with Crippen molar-refractivity contribution < 1.29 is 14.4 Å². The minimum Gasteiger partial charge on any atom is -0.352 e. The number of fused-ring (bicyclic) bond motifs is 1. The van der Waals surface area contributed by atoms with E-state index < -0.39 is 6.04 Å². The van der Waals surface area contributed by atoms with Gasteiger partial charge >= 0.3 is 0 Å². The van der Waals surface area contributed by atoms with Crippen molar-refractivity contribution in [2.45, 2.75) is 90.1 Å². The third-order valence-corrected chi connectivity index (χ3v) is 6.30. The van der Waals surface area contributed by atoms with Gasteiger partial charge in [-0.3, -0.25) is 19.3 Å². The lowest BCUT2D eigenvalue weighted by Crippen LogP contribution is -2.52. The monoisotopic (exact) mass is 374 g/mol. The van der Waals surface area contributed by atoms with E-state index in [0.717, 1.165) is 25.7 Å². The van der Waals surface area contributed by atoms with Gasteiger partial charge in [0.25, 0.3) is 0 Å². The number of nitrogens with zero attached hydrogens (tertiary/aromatic N) is 1. The lowest BCUT2D eigenvalue weighted by Gasteiger charge is -2.30. The molecule has 1 saturated carbocycles. The molecule has 3 amide bonds. The maximum absolute atomic E-state index is 13.2. The number of hydrogen-bond acceptors (Lipinski definition) is 3. The van der Waals surface area contributed by atoms with Crippen LogP contribution in [0.5, 0.6) is 0 Å². The summed E-state index contributed by atoms with van der Waals surface area (Å²) in [6.07, 6.45) is 13.7. The second-order valence-electron chi connectivity index (χ2n) is 8.90. The van der Waals surface area contributed by atoms with Crippen LogP contribution in [0.3, 0.4) is 0 Å². The Kier molecular flexibility index (Phi) is 6.72. The van der Waals surface area contributed by atoms with Crippen LogP contribution in [0.2, 0.25) is 0 Å². The molecule has 150 valence electrons. The van der Waals surface area contributed by atoms with Gasteiger partial charge in [0.2, 0.25) is 17.7 Å². The maximum Gasteiger partial charge on any atom is 0.243 e. The van der Waals surface area contributed by atoms with Gasteiger partial charge in [-0.1, -0.05) is 58.1 Å². The fraction of sp³-hybridized carbons (Fsp3) is 0.773. The van der Waals surface area contributed by atoms with Gasteiger partial charge in [0.1, 0.15) is 6.04 Å². The van der Waals surface area contributed by atoms with Crippen LogP contribution in [0.4, 0.5) is 0 Å². The lowest BCUT2D eigenvalue weighted by atomic mass is 9.85. The highest BCUT2D eigenvalue weighted by molar-refractivity contribution is 6.08. The minimum absolute atomic E-state index is 0.137. The maximum atomic E-state index is 13.2. The first-order valence-corrected chi connectivity index (χ1v) is 10.8. The van der Waals surface area contributed by atoms with E-state index in [1.165, 1.54) is 24.2 Å². The van der Waals surface area contributed by atoms with E-state index in [1.807, 2.05) is 26.0 Å². The van der Waals surface area contributed by atoms with Crippen molar-refractivity contribution >= 4 is 17.7 Å². The van der Waals surface area contributed by atoms with E-state index in [-0.39, 0.29) is 41.5 Å². The number of imide groups is 1. The molecule has 1 heterocycles. The van der Waals surface area contributed by atoms with Crippen molar-refractivity contribution in [3.05, 3.63) is 12.2 Å². The Balaban J connectivity index is 1.73. The van der Waals surface area contributed by atoms with E-state index >= 15 is 0 Å². The molecule has 5 nitrogen and oxygen atoms in total. The number of carbonyl (C=O) groups is 3. The van der Waals surface area contributed by atoms with Gasteiger partial charge in [0.15, 0.2) is 0 Å². The van der Waals surface area contributed by atoms with Gasteiger partial charge in [-0.05, 0) is 38.0 Å². The van der Waals surface area contributed by atoms with Crippen LogP contribution < -0.4 is 5.32 Å². The molecule has 3 atom stereocenters. The van der Waals surface area contributed by atoms with Crippen molar-refractivity contribution in [1.82, 2.24) is 10.2 Å². The molecule has 2 aliphatic carbocycles. The Bertz CT molecular complexity index is 564. The van der Waals surface area contributed by atoms with Gasteiger partial charge < -0.3 is 5.32 Å². The largest absolute Gasteiger partial charge is 0.352 e. The number of hydrogen-bond donors (Lipinski definition) is 1. The number of nitrogens with one attached hydrogen (secondary N) is 1. The number of carbonyl (C=O) groups excluding carboxylic acids is 3. The molecule has 0 radical (unpaired) electrons. The zero-order valence-corrected chi connectivity index (χ0v) is 16.8. The second-order valence-corrected chi connectivity index (χ2v) is 8.90. The SMILES string of the molecule is CC(C)CC(C(=O)NC1CCCCCCC1)N1C(=O)C2CC=CCC2C1=O. The summed E-state index contributed by atoms with van der Waals surface area (Å²) in [5.74, 6) is -0.736. The summed E-state index contributed by atoms with van der Waals surface area (Å²) in [5.41, 5.74) is 0. The summed E-state index contributed by atoms with van der Waals surface area (Å²) in [6, 6.07) is -0.495. The van der Waals surface area contributed by atoms with Crippen LogP contribution in [0.15, 0.2) is 12.2 Å². The van der Waals surface area contributed by atoms with Gasteiger partial charge in [-0.25, -0.2) is 0 Å². The Morgan fingerprint density at radius 3 is 2.04 bits per heavy atom. The van der Waals surface area contributed by atoms with E-state index in [0.29, 0.717) is 19.3 Å². The van der Waals surface area contributed by atoms with Crippen molar-refractivity contribution in [2.75, 3.05) is 0 Å². The molecule has 27 heavy (non-hydrogen) atoms. The molecule has 0 bridgehead atoms. The fourth-order valence-corrected chi connectivity index (χ4v) is 4.81. The zero-order chi connectivity index (χ0) is 19.4. The summed E-state index contributed by atoms with van der Waals surface area (Å²) in [4.78, 5) is 40.4. The molecule has 0 aromatic rings. The number of allylic oxidation sites excluding steroid dienone is 2. The Labute approximate surface area is 162 Å². The predicted molar refractivity (Wildman–Crippen MR) is 105 cm³/mol. The van der Waals surface area contributed by atoms with Gasteiger partial charge in [-0.2, -0.15) is 0 Å². The normalized spacial score (nSPS) is 28.0. The summed E-state index contributed by atoms with van der Waals surface area (Å²) < 4.78 is 0. The zero-order valence-electron chi connectivity index (χ0n) is 16.8.